The van der Waals surface area contributed by atoms with Crippen LogP contribution in [0.3, 0.4) is 0 Å². The number of Topliss-reactive ketones (excluding diaryl/α,β-unsaturated/α-hetero) is 1. The van der Waals surface area contributed by atoms with E-state index in [0.29, 0.717) is 12.3 Å². The van der Waals surface area contributed by atoms with Crippen molar-refractivity contribution in [2.45, 2.75) is 19.9 Å². The van der Waals surface area contributed by atoms with E-state index in [2.05, 4.69) is 18.5 Å². The van der Waals surface area contributed by atoms with Crippen LogP contribution in [0, 0.1) is 6.92 Å². The average molecular weight is 349 g/mol. The van der Waals surface area contributed by atoms with Crippen LogP contribution in [0.2, 0.25) is 0 Å². The maximum Gasteiger partial charge on any atom is 0.224 e. The lowest BCUT2D eigenvalue weighted by Crippen LogP contribution is -2.25. The minimum Gasteiger partial charge on any atom is -0.485 e. The summed E-state index contributed by atoms with van der Waals surface area (Å²) < 4.78 is 5.38. The number of carbonyl (C=O) groups excluding carboxylic acids is 2. The van der Waals surface area contributed by atoms with Gasteiger partial charge in [-0.05, 0) is 35.7 Å². The van der Waals surface area contributed by atoms with Gasteiger partial charge in [0.2, 0.25) is 5.91 Å². The molecule has 0 atom stereocenters. The smallest absolute Gasteiger partial charge is 0.224 e. The fourth-order valence-electron chi connectivity index (χ4n) is 2.40. The topological polar surface area (TPSA) is 55.4 Å². The first-order valence-corrected chi connectivity index (χ1v) is 8.37. The van der Waals surface area contributed by atoms with E-state index in [-0.39, 0.29) is 30.3 Å². The van der Waals surface area contributed by atoms with Crippen LogP contribution in [-0.2, 0) is 16.1 Å². The van der Waals surface area contributed by atoms with Crippen LogP contribution in [0.25, 0.3) is 6.08 Å². The molecule has 0 fully saturated rings. The van der Waals surface area contributed by atoms with Crippen molar-refractivity contribution in [2.75, 3.05) is 6.61 Å². The van der Waals surface area contributed by atoms with E-state index in [1.165, 1.54) is 0 Å². The third-order valence-electron chi connectivity index (χ3n) is 3.93. The second-order valence-electron chi connectivity index (χ2n) is 5.98. The van der Waals surface area contributed by atoms with Gasteiger partial charge in [-0.3, -0.25) is 9.59 Å². The van der Waals surface area contributed by atoms with Crippen molar-refractivity contribution < 1.29 is 14.3 Å². The second-order valence-corrected chi connectivity index (χ2v) is 5.98. The molecule has 0 saturated carbocycles. The highest BCUT2D eigenvalue weighted by Crippen LogP contribution is 2.12. The van der Waals surface area contributed by atoms with Gasteiger partial charge in [0, 0.05) is 12.1 Å². The number of hydrogen-bond donors (Lipinski definition) is 1. The Morgan fingerprint density at radius 3 is 2.54 bits per heavy atom. The quantitative estimate of drug-likeness (QED) is 0.700. The summed E-state index contributed by atoms with van der Waals surface area (Å²) in [4.78, 5) is 24.1. The Labute approximate surface area is 154 Å². The lowest BCUT2D eigenvalue weighted by molar-refractivity contribution is -0.123. The number of para-hydroxylation sites is 1. The molecule has 2 aromatic carbocycles. The molecule has 0 aliphatic rings. The van der Waals surface area contributed by atoms with Crippen molar-refractivity contribution in [1.82, 2.24) is 5.32 Å². The van der Waals surface area contributed by atoms with Gasteiger partial charge in [0.1, 0.15) is 5.75 Å². The molecule has 2 aromatic rings. The third-order valence-corrected chi connectivity index (χ3v) is 3.93. The third kappa shape index (κ3) is 5.74. The highest BCUT2D eigenvalue weighted by molar-refractivity contribution is 6.00. The summed E-state index contributed by atoms with van der Waals surface area (Å²) in [6, 6.07) is 15.0. The molecule has 0 saturated heterocycles. The second kappa shape index (κ2) is 9.37. The largest absolute Gasteiger partial charge is 0.485 e. The van der Waals surface area contributed by atoms with Crippen LogP contribution in [0.1, 0.15) is 23.1 Å². The summed E-state index contributed by atoms with van der Waals surface area (Å²) in [5, 5.41) is 2.80. The van der Waals surface area contributed by atoms with Gasteiger partial charge in [-0.1, -0.05) is 55.6 Å². The van der Waals surface area contributed by atoms with Gasteiger partial charge >= 0.3 is 0 Å². The summed E-state index contributed by atoms with van der Waals surface area (Å²) in [5.41, 5.74) is 3.39. The van der Waals surface area contributed by atoms with Crippen molar-refractivity contribution in [3.63, 3.8) is 0 Å². The molecule has 1 N–H and O–H groups in total. The molecule has 4 nitrogen and oxygen atoms in total. The standard InChI is InChI=1S/C22H23NO3/c1-4-19-11-10-18(12-16(19)2)14-23-22(25)13-17(3)21(24)15-26-20-8-6-5-7-9-20/h4-12H,1,3,13-15H2,2H3,(H,23,25). The number of nitrogens with one attached hydrogen (secondary N) is 1. The lowest BCUT2D eigenvalue weighted by atomic mass is 10.0. The van der Waals surface area contributed by atoms with Crippen molar-refractivity contribution >= 4 is 17.8 Å². The van der Waals surface area contributed by atoms with Crippen LogP contribution in [0.5, 0.6) is 5.75 Å². The molecule has 0 unspecified atom stereocenters. The number of carbonyl (C=O) groups is 2. The maximum absolute atomic E-state index is 12.0. The molecule has 0 aromatic heterocycles. The van der Waals surface area contributed by atoms with E-state index < -0.39 is 0 Å². The van der Waals surface area contributed by atoms with Crippen LogP contribution < -0.4 is 10.1 Å². The van der Waals surface area contributed by atoms with Gasteiger partial charge < -0.3 is 10.1 Å². The Morgan fingerprint density at radius 1 is 1.15 bits per heavy atom. The fraction of sp³-hybridized carbons (Fsp3) is 0.182. The molecule has 0 bridgehead atoms. The SMILES string of the molecule is C=Cc1ccc(CNC(=O)CC(=C)C(=O)COc2ccccc2)cc1C. The van der Waals surface area contributed by atoms with Gasteiger partial charge in [-0.2, -0.15) is 0 Å². The molecule has 0 heterocycles. The molecule has 0 radical (unpaired) electrons. The highest BCUT2D eigenvalue weighted by atomic mass is 16.5. The van der Waals surface area contributed by atoms with Crippen molar-refractivity contribution in [3.05, 3.63) is 84.0 Å². The van der Waals surface area contributed by atoms with Crippen molar-refractivity contribution in [3.8, 4) is 5.75 Å². The molecule has 0 aliphatic heterocycles. The number of amides is 1. The minimum atomic E-state index is -0.282. The van der Waals surface area contributed by atoms with Gasteiger partial charge in [-0.25, -0.2) is 0 Å². The number of ketones is 1. The molecule has 0 spiro atoms. The number of aryl methyl sites for hydroxylation is 1. The molecule has 4 heteroatoms. The van der Waals surface area contributed by atoms with Gasteiger partial charge in [0.05, 0.1) is 6.42 Å². The zero-order valence-electron chi connectivity index (χ0n) is 15.0. The number of hydrogen-bond acceptors (Lipinski definition) is 3. The van der Waals surface area contributed by atoms with E-state index in [0.717, 1.165) is 16.7 Å². The zero-order valence-corrected chi connectivity index (χ0v) is 15.0. The van der Waals surface area contributed by atoms with E-state index in [4.69, 9.17) is 4.74 Å². The Morgan fingerprint density at radius 2 is 1.88 bits per heavy atom. The lowest BCUT2D eigenvalue weighted by Gasteiger charge is -2.09. The first kappa shape index (κ1) is 19.2. The van der Waals surface area contributed by atoms with Crippen molar-refractivity contribution in [1.29, 1.82) is 0 Å². The normalized spacial score (nSPS) is 10.0. The van der Waals surface area contributed by atoms with E-state index in [9.17, 15) is 9.59 Å². The Bertz CT molecular complexity index is 809. The van der Waals surface area contributed by atoms with Crippen LogP contribution >= 0.6 is 0 Å². The Kier molecular flexibility index (Phi) is 6.92. The number of ether oxygens (including phenoxy) is 1. The monoisotopic (exact) mass is 349 g/mol. The molecular formula is C22H23NO3. The van der Waals surface area contributed by atoms with Gasteiger partial charge in [0.15, 0.2) is 12.4 Å². The van der Waals surface area contributed by atoms with Crippen LogP contribution in [0.15, 0.2) is 67.3 Å². The molecule has 1 amide bonds. The fourth-order valence-corrected chi connectivity index (χ4v) is 2.40. The first-order valence-electron chi connectivity index (χ1n) is 8.37. The molecule has 2 rings (SSSR count). The molecule has 134 valence electrons. The summed E-state index contributed by atoms with van der Waals surface area (Å²) in [5.74, 6) is 0.0835. The van der Waals surface area contributed by atoms with Gasteiger partial charge in [0.25, 0.3) is 0 Å². The van der Waals surface area contributed by atoms with Crippen LogP contribution in [-0.4, -0.2) is 18.3 Å². The molecular weight excluding hydrogens is 326 g/mol. The summed E-state index contributed by atoms with van der Waals surface area (Å²) in [6.07, 6.45) is 1.76. The summed E-state index contributed by atoms with van der Waals surface area (Å²) in [7, 11) is 0. The Balaban J connectivity index is 1.77. The predicted octanol–water partition coefficient (Wildman–Crippen LogP) is 3.85. The van der Waals surface area contributed by atoms with E-state index in [1.54, 1.807) is 18.2 Å². The number of benzene rings is 2. The Hall–Kier alpha value is -3.14. The summed E-state index contributed by atoms with van der Waals surface area (Å²) in [6.45, 7) is 9.73. The highest BCUT2D eigenvalue weighted by Gasteiger charge is 2.12. The minimum absolute atomic E-state index is 0.0410. The maximum atomic E-state index is 12.0. The summed E-state index contributed by atoms with van der Waals surface area (Å²) >= 11 is 0. The zero-order chi connectivity index (χ0) is 18.9. The molecule has 26 heavy (non-hydrogen) atoms. The van der Waals surface area contributed by atoms with E-state index in [1.807, 2.05) is 43.3 Å². The van der Waals surface area contributed by atoms with Gasteiger partial charge in [-0.15, -0.1) is 0 Å². The predicted molar refractivity (Wildman–Crippen MR) is 104 cm³/mol. The molecule has 0 aliphatic carbocycles. The number of rotatable bonds is 9. The first-order chi connectivity index (χ1) is 12.5. The van der Waals surface area contributed by atoms with E-state index >= 15 is 0 Å². The van der Waals surface area contributed by atoms with Crippen LogP contribution in [0.4, 0.5) is 0 Å². The van der Waals surface area contributed by atoms with Crippen molar-refractivity contribution in [2.24, 2.45) is 0 Å². The average Bonchev–Trinajstić information content (AvgIpc) is 2.65.